The van der Waals surface area contributed by atoms with Crippen LogP contribution in [0.3, 0.4) is 0 Å². The second-order valence-electron chi connectivity index (χ2n) is 6.14. The number of para-hydroxylation sites is 1. The predicted molar refractivity (Wildman–Crippen MR) is 94.0 cm³/mol. The fourth-order valence-corrected chi connectivity index (χ4v) is 2.83. The van der Waals surface area contributed by atoms with Gasteiger partial charge < -0.3 is 5.32 Å². The molecule has 2 rings (SSSR count). The molecule has 0 radical (unpaired) electrons. The van der Waals surface area contributed by atoms with Gasteiger partial charge in [-0.05, 0) is 49.9 Å². The molecule has 5 heteroatoms. The van der Waals surface area contributed by atoms with Gasteiger partial charge in [-0.1, -0.05) is 30.3 Å². The standard InChI is InChI=1S/C19H22N2O3/c1-12-9-14(3)17(10-13(12)2)15(4)20-19(22)11-16-7-5-6-8-18(16)21(23)24/h5-10,15H,11H2,1-4H3,(H,20,22)/t15-/m1/s1. The van der Waals surface area contributed by atoms with Gasteiger partial charge >= 0.3 is 0 Å². The molecule has 0 spiro atoms. The number of hydrogen-bond acceptors (Lipinski definition) is 3. The highest BCUT2D eigenvalue weighted by Crippen LogP contribution is 2.22. The van der Waals surface area contributed by atoms with E-state index in [1.807, 2.05) is 20.8 Å². The SMILES string of the molecule is Cc1cc(C)c([C@@H](C)NC(=O)Cc2ccccc2[N+](=O)[O-])cc1C. The molecule has 0 bridgehead atoms. The van der Waals surface area contributed by atoms with Crippen molar-refractivity contribution in [2.24, 2.45) is 0 Å². The number of nitro benzene ring substituents is 1. The van der Waals surface area contributed by atoms with Gasteiger partial charge in [0.05, 0.1) is 17.4 Å². The lowest BCUT2D eigenvalue weighted by molar-refractivity contribution is -0.385. The molecule has 2 aromatic rings. The number of nitrogens with zero attached hydrogens (tertiary/aromatic N) is 1. The summed E-state index contributed by atoms with van der Waals surface area (Å²) in [5.41, 5.74) is 4.97. The summed E-state index contributed by atoms with van der Waals surface area (Å²) in [7, 11) is 0. The maximum atomic E-state index is 12.3. The quantitative estimate of drug-likeness (QED) is 0.668. The molecule has 0 fully saturated rings. The van der Waals surface area contributed by atoms with Gasteiger partial charge in [0.1, 0.15) is 0 Å². The summed E-state index contributed by atoms with van der Waals surface area (Å²) >= 11 is 0. The number of nitro groups is 1. The van der Waals surface area contributed by atoms with Crippen molar-refractivity contribution in [2.75, 3.05) is 0 Å². The third-order valence-electron chi connectivity index (χ3n) is 4.27. The van der Waals surface area contributed by atoms with Crippen LogP contribution >= 0.6 is 0 Å². The maximum Gasteiger partial charge on any atom is 0.273 e. The lowest BCUT2D eigenvalue weighted by atomic mass is 9.96. The number of aryl methyl sites for hydroxylation is 3. The van der Waals surface area contributed by atoms with E-state index in [2.05, 4.69) is 24.4 Å². The number of carbonyl (C=O) groups excluding carboxylic acids is 1. The van der Waals surface area contributed by atoms with Crippen LogP contribution in [0.1, 0.15) is 40.8 Å². The van der Waals surface area contributed by atoms with Crippen molar-refractivity contribution >= 4 is 11.6 Å². The molecule has 0 saturated heterocycles. The van der Waals surface area contributed by atoms with Crippen LogP contribution in [0.25, 0.3) is 0 Å². The van der Waals surface area contributed by atoms with Crippen molar-refractivity contribution in [1.29, 1.82) is 0 Å². The molecule has 126 valence electrons. The molecular weight excluding hydrogens is 304 g/mol. The third kappa shape index (κ3) is 3.98. The van der Waals surface area contributed by atoms with E-state index < -0.39 is 4.92 Å². The Hall–Kier alpha value is -2.69. The molecule has 0 aliphatic heterocycles. The van der Waals surface area contributed by atoms with Crippen LogP contribution in [-0.2, 0) is 11.2 Å². The highest BCUT2D eigenvalue weighted by atomic mass is 16.6. The third-order valence-corrected chi connectivity index (χ3v) is 4.27. The first kappa shape index (κ1) is 17.7. The van der Waals surface area contributed by atoms with Gasteiger partial charge in [-0.15, -0.1) is 0 Å². The summed E-state index contributed by atoms with van der Waals surface area (Å²) in [6.45, 7) is 8.05. The van der Waals surface area contributed by atoms with Crippen LogP contribution < -0.4 is 5.32 Å². The van der Waals surface area contributed by atoms with Gasteiger partial charge in [0.2, 0.25) is 5.91 Å². The Morgan fingerprint density at radius 2 is 1.75 bits per heavy atom. The van der Waals surface area contributed by atoms with Gasteiger partial charge in [-0.25, -0.2) is 0 Å². The fourth-order valence-electron chi connectivity index (χ4n) is 2.83. The van der Waals surface area contributed by atoms with E-state index in [9.17, 15) is 14.9 Å². The minimum atomic E-state index is -0.459. The minimum Gasteiger partial charge on any atom is -0.349 e. The van der Waals surface area contributed by atoms with E-state index in [4.69, 9.17) is 0 Å². The molecular formula is C19H22N2O3. The summed E-state index contributed by atoms with van der Waals surface area (Å²) in [5.74, 6) is -0.227. The van der Waals surface area contributed by atoms with Crippen molar-refractivity contribution < 1.29 is 9.72 Å². The molecule has 1 N–H and O–H groups in total. The molecule has 5 nitrogen and oxygen atoms in total. The van der Waals surface area contributed by atoms with Crippen LogP contribution in [0, 0.1) is 30.9 Å². The van der Waals surface area contributed by atoms with Gasteiger partial charge in [-0.3, -0.25) is 14.9 Å². The van der Waals surface area contributed by atoms with Crippen LogP contribution in [0.15, 0.2) is 36.4 Å². The van der Waals surface area contributed by atoms with Crippen LogP contribution in [0.5, 0.6) is 0 Å². The Morgan fingerprint density at radius 3 is 2.42 bits per heavy atom. The first-order chi connectivity index (χ1) is 11.3. The van der Waals surface area contributed by atoms with Crippen molar-refractivity contribution in [3.63, 3.8) is 0 Å². The molecule has 24 heavy (non-hydrogen) atoms. The topological polar surface area (TPSA) is 72.2 Å². The highest BCUT2D eigenvalue weighted by molar-refractivity contribution is 5.80. The molecule has 2 aromatic carbocycles. The van der Waals surface area contributed by atoms with Gasteiger partial charge in [0, 0.05) is 11.6 Å². The average Bonchev–Trinajstić information content (AvgIpc) is 2.50. The molecule has 0 aliphatic rings. The van der Waals surface area contributed by atoms with E-state index in [1.54, 1.807) is 18.2 Å². The lowest BCUT2D eigenvalue weighted by Crippen LogP contribution is -2.28. The number of benzene rings is 2. The van der Waals surface area contributed by atoms with E-state index in [1.165, 1.54) is 17.2 Å². The van der Waals surface area contributed by atoms with Gasteiger partial charge in [0.25, 0.3) is 5.69 Å². The zero-order valence-electron chi connectivity index (χ0n) is 14.4. The number of carbonyl (C=O) groups is 1. The second kappa shape index (κ2) is 7.25. The zero-order chi connectivity index (χ0) is 17.9. The first-order valence-corrected chi connectivity index (χ1v) is 7.89. The number of amides is 1. The normalized spacial score (nSPS) is 11.8. The predicted octanol–water partition coefficient (Wildman–Crippen LogP) is 3.94. The Bertz CT molecular complexity index is 784. The molecule has 0 heterocycles. The van der Waals surface area contributed by atoms with Crippen molar-refractivity contribution in [2.45, 2.75) is 40.2 Å². The van der Waals surface area contributed by atoms with Crippen LogP contribution in [-0.4, -0.2) is 10.8 Å². The zero-order valence-corrected chi connectivity index (χ0v) is 14.4. The van der Waals surface area contributed by atoms with Crippen molar-refractivity contribution in [3.8, 4) is 0 Å². The molecule has 1 atom stereocenters. The number of hydrogen-bond donors (Lipinski definition) is 1. The summed E-state index contributed by atoms with van der Waals surface area (Å²) < 4.78 is 0. The number of rotatable bonds is 5. The summed E-state index contributed by atoms with van der Waals surface area (Å²) in [5, 5.41) is 14.0. The minimum absolute atomic E-state index is 0.00855. The monoisotopic (exact) mass is 326 g/mol. The Balaban J connectivity index is 2.13. The second-order valence-corrected chi connectivity index (χ2v) is 6.14. The fraction of sp³-hybridized carbons (Fsp3) is 0.316. The first-order valence-electron chi connectivity index (χ1n) is 7.89. The highest BCUT2D eigenvalue weighted by Gasteiger charge is 2.18. The summed E-state index contributed by atoms with van der Waals surface area (Å²) in [4.78, 5) is 22.9. The van der Waals surface area contributed by atoms with Crippen molar-refractivity contribution in [1.82, 2.24) is 5.32 Å². The lowest BCUT2D eigenvalue weighted by Gasteiger charge is -2.18. The van der Waals surface area contributed by atoms with Gasteiger partial charge in [0.15, 0.2) is 0 Å². The Labute approximate surface area is 141 Å². The smallest absolute Gasteiger partial charge is 0.273 e. The largest absolute Gasteiger partial charge is 0.349 e. The molecule has 0 unspecified atom stereocenters. The molecule has 0 aliphatic carbocycles. The van der Waals surface area contributed by atoms with Crippen molar-refractivity contribution in [3.05, 3.63) is 74.3 Å². The Kier molecular flexibility index (Phi) is 5.34. The molecule has 0 saturated carbocycles. The average molecular weight is 326 g/mol. The molecule has 0 aromatic heterocycles. The summed E-state index contributed by atoms with van der Waals surface area (Å²) in [6.07, 6.45) is -0.00855. The molecule has 1 amide bonds. The van der Waals surface area contributed by atoms with E-state index in [0.717, 1.165) is 11.1 Å². The number of nitrogens with one attached hydrogen (secondary N) is 1. The summed E-state index contributed by atoms with van der Waals surface area (Å²) in [6, 6.07) is 10.4. The van der Waals surface area contributed by atoms with Gasteiger partial charge in [-0.2, -0.15) is 0 Å². The van der Waals surface area contributed by atoms with Crippen LogP contribution in [0.4, 0.5) is 5.69 Å². The Morgan fingerprint density at radius 1 is 1.12 bits per heavy atom. The van der Waals surface area contributed by atoms with E-state index in [0.29, 0.717) is 5.56 Å². The maximum absolute atomic E-state index is 12.3. The van der Waals surface area contributed by atoms with E-state index >= 15 is 0 Å². The van der Waals surface area contributed by atoms with E-state index in [-0.39, 0.29) is 24.1 Å². The van der Waals surface area contributed by atoms with Crippen LogP contribution in [0.2, 0.25) is 0 Å².